The highest BCUT2D eigenvalue weighted by molar-refractivity contribution is 5.76. The topological polar surface area (TPSA) is 53.3 Å². The van der Waals surface area contributed by atoms with Crippen molar-refractivity contribution < 1.29 is 13.9 Å². The molecule has 1 aromatic rings. The Bertz CT molecular complexity index is 480. The molecule has 0 amide bonds. The summed E-state index contributed by atoms with van der Waals surface area (Å²) in [6.45, 7) is 3.82. The third-order valence-corrected chi connectivity index (χ3v) is 2.56. The third-order valence-electron chi connectivity index (χ3n) is 2.56. The van der Waals surface area contributed by atoms with Gasteiger partial charge in [-0.05, 0) is 32.0 Å². The number of hydrogen-bond donors (Lipinski definition) is 0. The molecule has 0 N–H and O–H groups in total. The van der Waals surface area contributed by atoms with E-state index in [1.807, 2.05) is 13.8 Å². The number of hydrogen-bond acceptors (Lipinski definition) is 4. The number of methoxy groups -OCH3 is 1. The monoisotopic (exact) mass is 250 g/mol. The summed E-state index contributed by atoms with van der Waals surface area (Å²) in [5, 5.41) is 8.66. The number of benzene rings is 1. The molecule has 1 rings (SSSR count). The molecular formula is C13H15FN2O2. The number of carbonyl (C=O) groups is 1. The molecule has 18 heavy (non-hydrogen) atoms. The second-order valence-corrected chi connectivity index (χ2v) is 4.07. The summed E-state index contributed by atoms with van der Waals surface area (Å²) in [5.74, 6) is -0.987. The maximum Gasteiger partial charge on any atom is 0.325 e. The van der Waals surface area contributed by atoms with Crippen molar-refractivity contribution in [2.75, 3.05) is 18.6 Å². The summed E-state index contributed by atoms with van der Waals surface area (Å²) in [7, 11) is 1.31. The maximum atomic E-state index is 13.5. The number of carbonyl (C=O) groups excluding carboxylic acids is 1. The smallest absolute Gasteiger partial charge is 0.325 e. The number of rotatable bonds is 4. The van der Waals surface area contributed by atoms with Crippen molar-refractivity contribution in [3.05, 3.63) is 29.6 Å². The van der Waals surface area contributed by atoms with Crippen LogP contribution in [0.1, 0.15) is 19.4 Å². The van der Waals surface area contributed by atoms with Crippen LogP contribution in [0.15, 0.2) is 18.2 Å². The van der Waals surface area contributed by atoms with Crippen molar-refractivity contribution in [1.29, 1.82) is 5.26 Å². The van der Waals surface area contributed by atoms with E-state index in [1.54, 1.807) is 17.0 Å². The molecule has 96 valence electrons. The van der Waals surface area contributed by atoms with E-state index in [4.69, 9.17) is 5.26 Å². The lowest BCUT2D eigenvalue weighted by Crippen LogP contribution is -2.36. The summed E-state index contributed by atoms with van der Waals surface area (Å²) >= 11 is 0. The first-order valence-corrected chi connectivity index (χ1v) is 5.52. The van der Waals surface area contributed by atoms with Gasteiger partial charge in [0.15, 0.2) is 0 Å². The molecule has 4 nitrogen and oxygen atoms in total. The number of ether oxygens (including phenoxy) is 1. The van der Waals surface area contributed by atoms with Crippen LogP contribution in [0, 0.1) is 17.1 Å². The Morgan fingerprint density at radius 1 is 1.56 bits per heavy atom. The van der Waals surface area contributed by atoms with Gasteiger partial charge in [0.05, 0.1) is 12.7 Å². The number of anilines is 1. The number of nitriles is 1. The maximum absolute atomic E-state index is 13.5. The average molecular weight is 250 g/mol. The molecule has 0 aliphatic carbocycles. The highest BCUT2D eigenvalue weighted by atomic mass is 19.1. The van der Waals surface area contributed by atoms with Crippen LogP contribution in [-0.4, -0.2) is 25.7 Å². The molecule has 0 unspecified atom stereocenters. The fourth-order valence-corrected chi connectivity index (χ4v) is 1.55. The van der Waals surface area contributed by atoms with E-state index in [2.05, 4.69) is 4.74 Å². The molecule has 0 saturated carbocycles. The lowest BCUT2D eigenvalue weighted by Gasteiger charge is -2.27. The van der Waals surface area contributed by atoms with E-state index in [-0.39, 0.29) is 18.2 Å². The largest absolute Gasteiger partial charge is 0.468 e. The summed E-state index contributed by atoms with van der Waals surface area (Å²) < 4.78 is 18.1. The zero-order valence-electron chi connectivity index (χ0n) is 10.6. The number of esters is 1. The molecule has 0 spiro atoms. The molecule has 0 saturated heterocycles. The molecule has 1 aromatic carbocycles. The van der Waals surface area contributed by atoms with Crippen molar-refractivity contribution in [2.45, 2.75) is 19.9 Å². The van der Waals surface area contributed by atoms with Crippen LogP contribution in [0.5, 0.6) is 0 Å². The van der Waals surface area contributed by atoms with Gasteiger partial charge in [0.25, 0.3) is 0 Å². The molecular weight excluding hydrogens is 235 g/mol. The van der Waals surface area contributed by atoms with Crippen LogP contribution in [-0.2, 0) is 9.53 Å². The van der Waals surface area contributed by atoms with Gasteiger partial charge in [-0.15, -0.1) is 0 Å². The first-order valence-electron chi connectivity index (χ1n) is 5.52. The van der Waals surface area contributed by atoms with Crippen molar-refractivity contribution in [1.82, 2.24) is 0 Å². The third kappa shape index (κ3) is 3.20. The van der Waals surface area contributed by atoms with Gasteiger partial charge in [0.2, 0.25) is 0 Å². The van der Waals surface area contributed by atoms with Gasteiger partial charge in [-0.3, -0.25) is 4.79 Å². The minimum absolute atomic E-state index is 0.0106. The second kappa shape index (κ2) is 6.01. The fourth-order valence-electron chi connectivity index (χ4n) is 1.55. The standard InChI is InChI=1S/C13H15FN2O2/c1-9(2)16(8-13(17)18-3)11-5-4-10(7-15)12(14)6-11/h4-6,9H,8H2,1-3H3. The number of nitrogens with zero attached hydrogens (tertiary/aromatic N) is 2. The van der Waals surface area contributed by atoms with Gasteiger partial charge in [-0.25, -0.2) is 4.39 Å². The minimum atomic E-state index is -0.592. The Morgan fingerprint density at radius 2 is 2.22 bits per heavy atom. The van der Waals surface area contributed by atoms with Crippen molar-refractivity contribution in [2.24, 2.45) is 0 Å². The van der Waals surface area contributed by atoms with Gasteiger partial charge in [0, 0.05) is 11.7 Å². The van der Waals surface area contributed by atoms with Crippen molar-refractivity contribution in [3.8, 4) is 6.07 Å². The quantitative estimate of drug-likeness (QED) is 0.768. The lowest BCUT2D eigenvalue weighted by atomic mass is 10.1. The van der Waals surface area contributed by atoms with Crippen LogP contribution in [0.25, 0.3) is 0 Å². The minimum Gasteiger partial charge on any atom is -0.468 e. The first kappa shape index (κ1) is 14.0. The molecule has 0 bridgehead atoms. The molecule has 0 aromatic heterocycles. The first-order chi connectivity index (χ1) is 8.49. The van der Waals surface area contributed by atoms with Gasteiger partial charge in [-0.2, -0.15) is 5.26 Å². The molecule has 0 aliphatic heterocycles. The molecule has 0 heterocycles. The van der Waals surface area contributed by atoms with E-state index in [0.717, 1.165) is 0 Å². The molecule has 0 fully saturated rings. The highest BCUT2D eigenvalue weighted by Gasteiger charge is 2.16. The Hall–Kier alpha value is -2.09. The van der Waals surface area contributed by atoms with Gasteiger partial charge in [0.1, 0.15) is 18.4 Å². The summed E-state index contributed by atoms with van der Waals surface area (Å²) in [4.78, 5) is 13.0. The molecule has 0 radical (unpaired) electrons. The molecule has 5 heteroatoms. The van der Waals surface area contributed by atoms with E-state index in [1.165, 1.54) is 19.2 Å². The van der Waals surface area contributed by atoms with E-state index < -0.39 is 11.8 Å². The van der Waals surface area contributed by atoms with Crippen molar-refractivity contribution >= 4 is 11.7 Å². The van der Waals surface area contributed by atoms with Gasteiger partial charge in [-0.1, -0.05) is 0 Å². The SMILES string of the molecule is COC(=O)CN(c1ccc(C#N)c(F)c1)C(C)C. The Balaban J connectivity index is 3.04. The average Bonchev–Trinajstić information content (AvgIpc) is 2.35. The predicted octanol–water partition coefficient (Wildman–Crippen LogP) is 2.09. The Kier molecular flexibility index (Phi) is 4.67. The predicted molar refractivity (Wildman–Crippen MR) is 65.6 cm³/mol. The van der Waals surface area contributed by atoms with Crippen LogP contribution < -0.4 is 4.90 Å². The van der Waals surface area contributed by atoms with Gasteiger partial charge >= 0.3 is 5.97 Å². The summed E-state index contributed by atoms with van der Waals surface area (Å²) in [6.07, 6.45) is 0. The van der Waals surface area contributed by atoms with E-state index in [0.29, 0.717) is 5.69 Å². The van der Waals surface area contributed by atoms with Crippen LogP contribution in [0.3, 0.4) is 0 Å². The van der Waals surface area contributed by atoms with Crippen LogP contribution in [0.2, 0.25) is 0 Å². The van der Waals surface area contributed by atoms with Gasteiger partial charge < -0.3 is 9.64 Å². The fraction of sp³-hybridized carbons (Fsp3) is 0.385. The normalized spacial score (nSPS) is 10.0. The highest BCUT2D eigenvalue weighted by Crippen LogP contribution is 2.20. The zero-order chi connectivity index (χ0) is 13.7. The van der Waals surface area contributed by atoms with Crippen LogP contribution in [0.4, 0.5) is 10.1 Å². The van der Waals surface area contributed by atoms with E-state index >= 15 is 0 Å². The number of halogens is 1. The van der Waals surface area contributed by atoms with E-state index in [9.17, 15) is 9.18 Å². The Labute approximate surface area is 106 Å². The summed E-state index contributed by atoms with van der Waals surface area (Å²) in [5.41, 5.74) is 0.535. The van der Waals surface area contributed by atoms with Crippen LogP contribution >= 0.6 is 0 Å². The molecule has 0 atom stereocenters. The lowest BCUT2D eigenvalue weighted by molar-refractivity contribution is -0.139. The zero-order valence-corrected chi connectivity index (χ0v) is 10.6. The second-order valence-electron chi connectivity index (χ2n) is 4.07. The van der Waals surface area contributed by atoms with Crippen molar-refractivity contribution in [3.63, 3.8) is 0 Å². The summed E-state index contributed by atoms with van der Waals surface area (Å²) in [6, 6.07) is 6.04. The molecule has 0 aliphatic rings. The Morgan fingerprint density at radius 3 is 2.67 bits per heavy atom.